The number of aromatic nitrogens is 4. The van der Waals surface area contributed by atoms with Crippen molar-refractivity contribution in [3.05, 3.63) is 30.1 Å². The summed E-state index contributed by atoms with van der Waals surface area (Å²) in [6.07, 6.45) is 0. The van der Waals surface area contributed by atoms with Crippen LogP contribution in [0, 0.1) is 0 Å². The van der Waals surface area contributed by atoms with Crippen molar-refractivity contribution in [2.45, 2.75) is 17.9 Å². The lowest BCUT2D eigenvalue weighted by Gasteiger charge is -2.10. The Morgan fingerprint density at radius 1 is 1.38 bits per heavy atom. The monoisotopic (exact) mass is 328 g/mol. The van der Waals surface area contributed by atoms with E-state index >= 15 is 0 Å². The Balaban J connectivity index is 1.82. The molecule has 21 heavy (non-hydrogen) atoms. The van der Waals surface area contributed by atoms with Gasteiger partial charge in [0.25, 0.3) is 0 Å². The molecule has 0 aliphatic heterocycles. The molecule has 0 aliphatic carbocycles. The van der Waals surface area contributed by atoms with E-state index in [9.17, 15) is 8.42 Å². The standard InChI is InChI=1S/C11H16N6O2S2/c1-8(11-13-16-17-14-11)15-21(18,19)7-6-20-10-4-2-9(12)3-5-10/h2-5,8,15H,6-7,12H2,1H3,(H,13,14,16,17). The van der Waals surface area contributed by atoms with Crippen molar-refractivity contribution in [1.82, 2.24) is 25.3 Å². The Kier molecular flexibility index (Phi) is 5.15. The molecule has 0 spiro atoms. The minimum atomic E-state index is -3.40. The van der Waals surface area contributed by atoms with Gasteiger partial charge in [-0.1, -0.05) is 5.21 Å². The highest BCUT2D eigenvalue weighted by molar-refractivity contribution is 8.00. The van der Waals surface area contributed by atoms with E-state index in [-0.39, 0.29) is 5.75 Å². The first-order valence-corrected chi connectivity index (χ1v) is 8.82. The van der Waals surface area contributed by atoms with Crippen molar-refractivity contribution in [2.75, 3.05) is 17.2 Å². The lowest BCUT2D eigenvalue weighted by atomic mass is 10.3. The molecule has 0 radical (unpaired) electrons. The molecule has 0 bridgehead atoms. The van der Waals surface area contributed by atoms with Crippen molar-refractivity contribution >= 4 is 27.5 Å². The second-order valence-corrected chi connectivity index (χ2v) is 7.39. The number of anilines is 1. The third kappa shape index (κ3) is 4.99. The largest absolute Gasteiger partial charge is 0.399 e. The Morgan fingerprint density at radius 3 is 2.71 bits per heavy atom. The van der Waals surface area contributed by atoms with Gasteiger partial charge in [0.05, 0.1) is 11.8 Å². The van der Waals surface area contributed by atoms with Crippen LogP contribution in [-0.2, 0) is 10.0 Å². The third-order valence-electron chi connectivity index (χ3n) is 2.61. The van der Waals surface area contributed by atoms with Gasteiger partial charge in [-0.25, -0.2) is 13.1 Å². The normalized spacial score (nSPS) is 13.2. The highest BCUT2D eigenvalue weighted by Gasteiger charge is 2.18. The molecule has 0 saturated heterocycles. The molecule has 10 heteroatoms. The maximum Gasteiger partial charge on any atom is 0.213 e. The van der Waals surface area contributed by atoms with Gasteiger partial charge in [0.2, 0.25) is 10.0 Å². The average molecular weight is 328 g/mol. The van der Waals surface area contributed by atoms with E-state index in [1.165, 1.54) is 11.8 Å². The van der Waals surface area contributed by atoms with E-state index in [0.29, 0.717) is 17.3 Å². The lowest BCUT2D eigenvalue weighted by Crippen LogP contribution is -2.30. The third-order valence-corrected chi connectivity index (χ3v) is 5.33. The smallest absolute Gasteiger partial charge is 0.213 e. The van der Waals surface area contributed by atoms with Crippen LogP contribution in [0.1, 0.15) is 18.8 Å². The van der Waals surface area contributed by atoms with Crippen molar-refractivity contribution in [1.29, 1.82) is 0 Å². The molecule has 2 rings (SSSR count). The first-order chi connectivity index (χ1) is 9.96. The number of hydrogen-bond donors (Lipinski definition) is 3. The molecule has 0 aliphatic rings. The van der Waals surface area contributed by atoms with E-state index in [1.807, 2.05) is 12.1 Å². The maximum atomic E-state index is 11.9. The van der Waals surface area contributed by atoms with Crippen LogP contribution in [0.25, 0.3) is 0 Å². The van der Waals surface area contributed by atoms with Gasteiger partial charge in [0.1, 0.15) is 0 Å². The minimum absolute atomic E-state index is 0.00420. The fraction of sp³-hybridized carbons (Fsp3) is 0.364. The Morgan fingerprint density at radius 2 is 2.10 bits per heavy atom. The number of sulfonamides is 1. The second kappa shape index (κ2) is 6.87. The number of nitrogens with two attached hydrogens (primary N) is 1. The molecular weight excluding hydrogens is 312 g/mol. The van der Waals surface area contributed by atoms with Crippen LogP contribution in [0.4, 0.5) is 5.69 Å². The summed E-state index contributed by atoms with van der Waals surface area (Å²) in [6.45, 7) is 1.66. The number of nitrogens with one attached hydrogen (secondary N) is 2. The number of rotatable bonds is 7. The zero-order valence-corrected chi connectivity index (χ0v) is 13.0. The second-order valence-electron chi connectivity index (χ2n) is 4.35. The first kappa shape index (κ1) is 15.7. The fourth-order valence-corrected chi connectivity index (χ4v) is 4.10. The van der Waals surface area contributed by atoms with Gasteiger partial charge in [-0.3, -0.25) is 0 Å². The molecule has 0 saturated carbocycles. The molecule has 1 aromatic carbocycles. The van der Waals surface area contributed by atoms with Gasteiger partial charge >= 0.3 is 0 Å². The summed E-state index contributed by atoms with van der Waals surface area (Å²) in [5, 5.41) is 13.2. The first-order valence-electron chi connectivity index (χ1n) is 6.18. The van der Waals surface area contributed by atoms with Crippen LogP contribution < -0.4 is 10.5 Å². The molecule has 1 heterocycles. The maximum absolute atomic E-state index is 11.9. The zero-order valence-electron chi connectivity index (χ0n) is 11.4. The number of hydrogen-bond acceptors (Lipinski definition) is 7. The quantitative estimate of drug-likeness (QED) is 0.500. The molecule has 1 aromatic heterocycles. The van der Waals surface area contributed by atoms with Gasteiger partial charge in [0.15, 0.2) is 5.82 Å². The number of nitrogen functional groups attached to an aromatic ring is 1. The van der Waals surface area contributed by atoms with Crippen molar-refractivity contribution in [3.8, 4) is 0 Å². The molecule has 4 N–H and O–H groups in total. The molecular formula is C11H16N6O2S2. The molecule has 0 amide bonds. The number of thioether (sulfide) groups is 1. The van der Waals surface area contributed by atoms with Crippen LogP contribution in [0.15, 0.2) is 29.2 Å². The van der Waals surface area contributed by atoms with Gasteiger partial charge < -0.3 is 5.73 Å². The van der Waals surface area contributed by atoms with Gasteiger partial charge in [-0.2, -0.15) is 5.21 Å². The summed E-state index contributed by atoms with van der Waals surface area (Å²) in [5.74, 6) is 0.757. The Hall–Kier alpha value is -1.65. The van der Waals surface area contributed by atoms with Crippen LogP contribution in [0.3, 0.4) is 0 Å². The van der Waals surface area contributed by atoms with Crippen molar-refractivity contribution < 1.29 is 8.42 Å². The average Bonchev–Trinajstić information content (AvgIpc) is 2.94. The zero-order chi connectivity index (χ0) is 15.3. The SMILES string of the molecule is CC(NS(=O)(=O)CCSc1ccc(N)cc1)c1nn[nH]n1. The summed E-state index contributed by atoms with van der Waals surface area (Å²) < 4.78 is 26.4. The van der Waals surface area contributed by atoms with Crippen LogP contribution in [-0.4, -0.2) is 40.5 Å². The van der Waals surface area contributed by atoms with Crippen molar-refractivity contribution in [3.63, 3.8) is 0 Å². The topological polar surface area (TPSA) is 127 Å². The van der Waals surface area contributed by atoms with E-state index in [4.69, 9.17) is 5.73 Å². The summed E-state index contributed by atoms with van der Waals surface area (Å²) >= 11 is 1.46. The van der Waals surface area contributed by atoms with E-state index in [1.54, 1.807) is 19.1 Å². The molecule has 2 aromatic rings. The van der Waals surface area contributed by atoms with Crippen LogP contribution in [0.5, 0.6) is 0 Å². The van der Waals surface area contributed by atoms with Gasteiger partial charge in [-0.05, 0) is 31.2 Å². The van der Waals surface area contributed by atoms with E-state index in [2.05, 4.69) is 25.3 Å². The van der Waals surface area contributed by atoms with Gasteiger partial charge in [-0.15, -0.1) is 22.0 Å². The highest BCUT2D eigenvalue weighted by Crippen LogP contribution is 2.19. The number of benzene rings is 1. The predicted octanol–water partition coefficient (Wildman–Crippen LogP) is 0.555. The lowest BCUT2D eigenvalue weighted by molar-refractivity contribution is 0.561. The van der Waals surface area contributed by atoms with E-state index < -0.39 is 16.1 Å². The fourth-order valence-electron chi connectivity index (χ4n) is 1.57. The molecule has 1 atom stereocenters. The number of tetrazole rings is 1. The summed E-state index contributed by atoms with van der Waals surface area (Å²) in [5.41, 5.74) is 6.27. The van der Waals surface area contributed by atoms with Crippen LogP contribution in [0.2, 0.25) is 0 Å². The number of H-pyrrole nitrogens is 1. The van der Waals surface area contributed by atoms with Crippen LogP contribution >= 0.6 is 11.8 Å². The Labute approximate surface area is 126 Å². The van der Waals surface area contributed by atoms with Gasteiger partial charge in [0, 0.05) is 16.3 Å². The number of aromatic amines is 1. The molecule has 1 unspecified atom stereocenters. The van der Waals surface area contributed by atoms with Crippen molar-refractivity contribution in [2.24, 2.45) is 0 Å². The predicted molar refractivity (Wildman–Crippen MR) is 81.1 cm³/mol. The summed E-state index contributed by atoms with van der Waals surface area (Å²) in [6, 6.07) is 6.78. The summed E-state index contributed by atoms with van der Waals surface area (Å²) in [7, 11) is -3.40. The van der Waals surface area contributed by atoms with E-state index in [0.717, 1.165) is 4.90 Å². The molecule has 0 fully saturated rings. The summed E-state index contributed by atoms with van der Waals surface area (Å²) in [4.78, 5) is 0.977. The molecule has 8 nitrogen and oxygen atoms in total. The highest BCUT2D eigenvalue weighted by atomic mass is 32.2. The minimum Gasteiger partial charge on any atom is -0.399 e. The Bertz CT molecular complexity index is 657. The molecule has 114 valence electrons. The number of nitrogens with zero attached hydrogens (tertiary/aromatic N) is 3.